The predicted octanol–water partition coefficient (Wildman–Crippen LogP) is 5.86. The molecule has 25 heavy (non-hydrogen) atoms. The molecule has 0 atom stereocenters. The summed E-state index contributed by atoms with van der Waals surface area (Å²) in [6.45, 7) is 3.56. The highest BCUT2D eigenvalue weighted by Crippen LogP contribution is 2.33. The molecule has 0 N–H and O–H groups in total. The third-order valence-electron chi connectivity index (χ3n) is 3.82. The van der Waals surface area contributed by atoms with Crippen molar-refractivity contribution in [1.82, 2.24) is 0 Å². The van der Waals surface area contributed by atoms with Gasteiger partial charge in [-0.05, 0) is 69.9 Å². The first kappa shape index (κ1) is 17.8. The van der Waals surface area contributed by atoms with E-state index < -0.39 is 5.97 Å². The first-order valence-electron chi connectivity index (χ1n) is 7.73. The van der Waals surface area contributed by atoms with Gasteiger partial charge in [0, 0.05) is 5.02 Å². The number of hydrogen-bond donors (Lipinski definition) is 0. The van der Waals surface area contributed by atoms with E-state index in [1.807, 2.05) is 50.2 Å². The molecule has 5 heteroatoms. The number of carbonyl (C=O) groups excluding carboxylic acids is 1. The van der Waals surface area contributed by atoms with Crippen molar-refractivity contribution in [3.05, 3.63) is 69.2 Å². The first-order valence-corrected chi connectivity index (χ1v) is 8.90. The van der Waals surface area contributed by atoms with E-state index in [9.17, 15) is 4.79 Å². The Bertz CT molecular complexity index is 930. The Hall–Kier alpha value is -2.04. The van der Waals surface area contributed by atoms with Crippen molar-refractivity contribution >= 4 is 44.3 Å². The number of rotatable bonds is 4. The van der Waals surface area contributed by atoms with Crippen LogP contribution in [-0.4, -0.2) is 12.6 Å². The third-order valence-corrected chi connectivity index (χ3v) is 5.23. The van der Waals surface area contributed by atoms with E-state index in [1.54, 1.807) is 12.1 Å². The SMILES string of the molecule is Cc1cc(OC(=O)COc2ccc3ccccc3c2Br)cc(C)c1Cl. The van der Waals surface area contributed by atoms with E-state index >= 15 is 0 Å². The maximum Gasteiger partial charge on any atom is 0.349 e. The number of aryl methyl sites for hydroxylation is 2. The van der Waals surface area contributed by atoms with Crippen molar-refractivity contribution in [3.63, 3.8) is 0 Å². The van der Waals surface area contributed by atoms with Gasteiger partial charge in [0.05, 0.1) is 4.47 Å². The third kappa shape index (κ3) is 3.97. The molecule has 3 nitrogen and oxygen atoms in total. The van der Waals surface area contributed by atoms with Crippen molar-refractivity contribution in [2.75, 3.05) is 6.61 Å². The van der Waals surface area contributed by atoms with Crippen molar-refractivity contribution in [1.29, 1.82) is 0 Å². The molecular formula is C20H16BrClO3. The Morgan fingerprint density at radius 3 is 2.48 bits per heavy atom. The van der Waals surface area contributed by atoms with Crippen LogP contribution in [0.5, 0.6) is 11.5 Å². The van der Waals surface area contributed by atoms with Crippen molar-refractivity contribution < 1.29 is 14.3 Å². The average molecular weight is 420 g/mol. The van der Waals surface area contributed by atoms with Crippen LogP contribution in [0, 0.1) is 13.8 Å². The fraction of sp³-hybridized carbons (Fsp3) is 0.150. The second kappa shape index (κ2) is 7.46. The Kier molecular flexibility index (Phi) is 5.30. The predicted molar refractivity (Wildman–Crippen MR) is 104 cm³/mol. The number of esters is 1. The molecule has 0 aromatic heterocycles. The molecule has 128 valence electrons. The van der Waals surface area contributed by atoms with Crippen LogP contribution in [0.3, 0.4) is 0 Å². The summed E-state index contributed by atoms with van der Waals surface area (Å²) in [7, 11) is 0. The molecule has 0 saturated carbocycles. The summed E-state index contributed by atoms with van der Waals surface area (Å²) in [5, 5.41) is 2.80. The molecule has 0 amide bonds. The minimum Gasteiger partial charge on any atom is -0.481 e. The standard InChI is InChI=1S/C20H16BrClO3/c1-12-9-15(10-13(2)20(12)22)25-18(23)11-24-17-8-7-14-5-3-4-6-16(14)19(17)21/h3-10H,11H2,1-2H3. The van der Waals surface area contributed by atoms with Crippen LogP contribution in [0.15, 0.2) is 53.0 Å². The van der Waals surface area contributed by atoms with Crippen molar-refractivity contribution in [3.8, 4) is 11.5 Å². The van der Waals surface area contributed by atoms with Crippen LogP contribution in [0.2, 0.25) is 5.02 Å². The summed E-state index contributed by atoms with van der Waals surface area (Å²) >= 11 is 9.66. The van der Waals surface area contributed by atoms with Gasteiger partial charge < -0.3 is 9.47 Å². The lowest BCUT2D eigenvalue weighted by Gasteiger charge is -2.11. The van der Waals surface area contributed by atoms with Crippen LogP contribution in [0.1, 0.15) is 11.1 Å². The van der Waals surface area contributed by atoms with E-state index in [2.05, 4.69) is 15.9 Å². The van der Waals surface area contributed by atoms with Gasteiger partial charge in [0.2, 0.25) is 0 Å². The van der Waals surface area contributed by atoms with E-state index in [4.69, 9.17) is 21.1 Å². The Morgan fingerprint density at radius 2 is 1.76 bits per heavy atom. The maximum atomic E-state index is 12.1. The summed E-state index contributed by atoms with van der Waals surface area (Å²) in [6, 6.07) is 15.2. The van der Waals surface area contributed by atoms with Crippen LogP contribution >= 0.6 is 27.5 Å². The van der Waals surface area contributed by atoms with Crippen LogP contribution in [0.4, 0.5) is 0 Å². The van der Waals surface area contributed by atoms with Gasteiger partial charge in [-0.1, -0.05) is 41.9 Å². The highest BCUT2D eigenvalue weighted by molar-refractivity contribution is 9.10. The van der Waals surface area contributed by atoms with Gasteiger partial charge in [0.25, 0.3) is 0 Å². The lowest BCUT2D eigenvalue weighted by Crippen LogP contribution is -2.18. The van der Waals surface area contributed by atoms with Crippen LogP contribution < -0.4 is 9.47 Å². The molecule has 0 unspecified atom stereocenters. The molecule has 3 aromatic rings. The second-order valence-corrected chi connectivity index (χ2v) is 6.90. The Morgan fingerprint density at radius 1 is 1.08 bits per heavy atom. The fourth-order valence-corrected chi connectivity index (χ4v) is 3.30. The van der Waals surface area contributed by atoms with E-state index in [0.29, 0.717) is 16.5 Å². The molecule has 0 saturated heterocycles. The number of ether oxygens (including phenoxy) is 2. The zero-order valence-corrected chi connectivity index (χ0v) is 16.1. The van der Waals surface area contributed by atoms with E-state index in [0.717, 1.165) is 26.4 Å². The van der Waals surface area contributed by atoms with Gasteiger partial charge in [0.15, 0.2) is 6.61 Å². The second-order valence-electron chi connectivity index (χ2n) is 5.73. The first-order chi connectivity index (χ1) is 12.0. The minimum atomic E-state index is -0.471. The quantitative estimate of drug-likeness (QED) is 0.393. The number of carbonyl (C=O) groups is 1. The molecule has 0 aliphatic carbocycles. The van der Waals surface area contributed by atoms with Gasteiger partial charge in [-0.25, -0.2) is 4.79 Å². The zero-order chi connectivity index (χ0) is 18.0. The summed E-state index contributed by atoms with van der Waals surface area (Å²) < 4.78 is 11.8. The van der Waals surface area contributed by atoms with Gasteiger partial charge in [-0.2, -0.15) is 0 Å². The number of fused-ring (bicyclic) bond motifs is 1. The fourth-order valence-electron chi connectivity index (χ4n) is 2.59. The topological polar surface area (TPSA) is 35.5 Å². The Balaban J connectivity index is 1.69. The molecule has 0 bridgehead atoms. The lowest BCUT2D eigenvalue weighted by molar-refractivity contribution is -0.136. The minimum absolute atomic E-state index is 0.183. The summed E-state index contributed by atoms with van der Waals surface area (Å²) in [5.41, 5.74) is 1.73. The van der Waals surface area contributed by atoms with E-state index in [-0.39, 0.29) is 6.61 Å². The zero-order valence-electron chi connectivity index (χ0n) is 13.8. The lowest BCUT2D eigenvalue weighted by atomic mass is 10.1. The molecule has 0 aliphatic rings. The Labute approximate surface area is 159 Å². The molecule has 0 radical (unpaired) electrons. The molecular weight excluding hydrogens is 404 g/mol. The highest BCUT2D eigenvalue weighted by Gasteiger charge is 2.11. The number of benzene rings is 3. The molecule has 3 rings (SSSR count). The van der Waals surface area contributed by atoms with Crippen molar-refractivity contribution in [2.45, 2.75) is 13.8 Å². The van der Waals surface area contributed by atoms with Gasteiger partial charge in [-0.3, -0.25) is 0 Å². The van der Waals surface area contributed by atoms with Crippen molar-refractivity contribution in [2.24, 2.45) is 0 Å². The monoisotopic (exact) mass is 418 g/mol. The van der Waals surface area contributed by atoms with Gasteiger partial charge >= 0.3 is 5.97 Å². The van der Waals surface area contributed by atoms with E-state index in [1.165, 1.54) is 0 Å². The summed E-state index contributed by atoms with van der Waals surface area (Å²) in [6.07, 6.45) is 0. The number of hydrogen-bond acceptors (Lipinski definition) is 3. The molecule has 0 aliphatic heterocycles. The largest absolute Gasteiger partial charge is 0.481 e. The molecule has 0 fully saturated rings. The van der Waals surface area contributed by atoms with Gasteiger partial charge in [-0.15, -0.1) is 0 Å². The maximum absolute atomic E-state index is 12.1. The summed E-state index contributed by atoms with van der Waals surface area (Å²) in [4.78, 5) is 12.1. The smallest absolute Gasteiger partial charge is 0.349 e. The molecule has 0 heterocycles. The van der Waals surface area contributed by atoms with Gasteiger partial charge in [0.1, 0.15) is 11.5 Å². The highest BCUT2D eigenvalue weighted by atomic mass is 79.9. The normalized spacial score (nSPS) is 10.7. The average Bonchev–Trinajstić information content (AvgIpc) is 2.59. The molecule has 0 spiro atoms. The van der Waals surface area contributed by atoms with Crippen LogP contribution in [0.25, 0.3) is 10.8 Å². The summed E-state index contributed by atoms with van der Waals surface area (Å²) in [5.74, 6) is 0.589. The number of halogens is 2. The molecule has 3 aromatic carbocycles. The van der Waals surface area contributed by atoms with Crippen LogP contribution in [-0.2, 0) is 4.79 Å².